The zero-order valence-electron chi connectivity index (χ0n) is 22.7. The van der Waals surface area contributed by atoms with E-state index in [9.17, 15) is 0 Å². The Balaban J connectivity index is 1.22. The molecule has 6 aromatic carbocycles. The van der Waals surface area contributed by atoms with Crippen LogP contribution in [0.4, 0.5) is 0 Å². The smallest absolute Gasteiger partial charge is 0.145 e. The van der Waals surface area contributed by atoms with E-state index in [1.165, 1.54) is 75.2 Å². The average molecular weight is 553 g/mol. The number of benzene rings is 6. The lowest BCUT2D eigenvalue weighted by molar-refractivity contribution is 1.27. The van der Waals surface area contributed by atoms with Crippen LogP contribution >= 0.6 is 11.3 Å². The summed E-state index contributed by atoms with van der Waals surface area (Å²) in [6, 6.07) is 48.6. The Bertz CT molecular complexity index is 2480. The molecule has 196 valence electrons. The first-order chi connectivity index (χ1) is 20.8. The minimum atomic E-state index is 0.998. The molecule has 0 aliphatic carbocycles. The van der Waals surface area contributed by atoms with Gasteiger partial charge >= 0.3 is 0 Å². The Labute approximate surface area is 246 Å². The van der Waals surface area contributed by atoms with E-state index in [-0.39, 0.29) is 0 Å². The zero-order valence-corrected chi connectivity index (χ0v) is 23.5. The fourth-order valence-electron chi connectivity index (χ4n) is 6.55. The van der Waals surface area contributed by atoms with Gasteiger partial charge in [0.05, 0.1) is 5.52 Å². The summed E-state index contributed by atoms with van der Waals surface area (Å²) in [6.07, 6.45) is 3.94. The van der Waals surface area contributed by atoms with E-state index in [0.717, 1.165) is 5.65 Å². The molecule has 0 aliphatic rings. The first-order valence-electron chi connectivity index (χ1n) is 14.2. The van der Waals surface area contributed by atoms with Crippen molar-refractivity contribution in [2.45, 2.75) is 0 Å². The van der Waals surface area contributed by atoms with Gasteiger partial charge in [-0.2, -0.15) is 0 Å². The molecule has 0 fully saturated rings. The first-order valence-corrected chi connectivity index (χ1v) is 15.0. The summed E-state index contributed by atoms with van der Waals surface area (Å²) in [5.74, 6) is 0. The van der Waals surface area contributed by atoms with Crippen molar-refractivity contribution in [3.05, 3.63) is 146 Å². The predicted molar refractivity (Wildman–Crippen MR) is 179 cm³/mol. The third-order valence-electron chi connectivity index (χ3n) is 8.48. The summed E-state index contributed by atoms with van der Waals surface area (Å²) in [5, 5.41) is 6.29. The summed E-state index contributed by atoms with van der Waals surface area (Å²) >= 11 is 1.88. The van der Waals surface area contributed by atoms with Crippen molar-refractivity contribution >= 4 is 58.8 Å². The van der Waals surface area contributed by atoms with Gasteiger partial charge in [0.1, 0.15) is 5.65 Å². The third-order valence-corrected chi connectivity index (χ3v) is 9.70. The molecular formula is C39H24N2S. The van der Waals surface area contributed by atoms with Gasteiger partial charge in [-0.3, -0.25) is 4.40 Å². The summed E-state index contributed by atoms with van der Waals surface area (Å²) in [4.78, 5) is 4.65. The van der Waals surface area contributed by atoms with Crippen LogP contribution in [0.2, 0.25) is 0 Å². The molecule has 9 aromatic rings. The lowest BCUT2D eigenvalue weighted by Crippen LogP contribution is -1.91. The molecule has 3 heteroatoms. The van der Waals surface area contributed by atoms with Crippen molar-refractivity contribution in [1.82, 2.24) is 9.38 Å². The Morgan fingerprint density at radius 2 is 1.17 bits per heavy atom. The molecule has 0 N–H and O–H groups in total. The van der Waals surface area contributed by atoms with Gasteiger partial charge in [0.15, 0.2) is 0 Å². The number of fused-ring (bicyclic) bond motifs is 9. The molecule has 0 spiro atoms. The first kappa shape index (κ1) is 23.5. The quantitative estimate of drug-likeness (QED) is 0.199. The van der Waals surface area contributed by atoms with E-state index in [1.807, 2.05) is 17.5 Å². The molecule has 3 heterocycles. The fraction of sp³-hybridized carbons (Fsp3) is 0. The Morgan fingerprint density at radius 1 is 0.476 bits per heavy atom. The molecule has 42 heavy (non-hydrogen) atoms. The van der Waals surface area contributed by atoms with Gasteiger partial charge in [0.2, 0.25) is 0 Å². The minimum absolute atomic E-state index is 0.998. The van der Waals surface area contributed by atoms with Crippen LogP contribution < -0.4 is 0 Å². The van der Waals surface area contributed by atoms with E-state index in [2.05, 4.69) is 149 Å². The van der Waals surface area contributed by atoms with E-state index in [1.54, 1.807) is 0 Å². The lowest BCUT2D eigenvalue weighted by Gasteiger charge is -2.13. The summed E-state index contributed by atoms with van der Waals surface area (Å²) < 4.78 is 4.87. The number of nitrogens with zero attached hydrogens (tertiary/aromatic N) is 2. The van der Waals surface area contributed by atoms with Crippen LogP contribution in [-0.4, -0.2) is 9.38 Å². The summed E-state index contributed by atoms with van der Waals surface area (Å²) in [6.45, 7) is 0. The van der Waals surface area contributed by atoms with Crippen molar-refractivity contribution in [2.24, 2.45) is 0 Å². The zero-order chi connectivity index (χ0) is 27.6. The van der Waals surface area contributed by atoms with E-state index in [4.69, 9.17) is 0 Å². The molecule has 0 unspecified atom stereocenters. The second-order valence-corrected chi connectivity index (χ2v) is 11.9. The van der Waals surface area contributed by atoms with Gasteiger partial charge in [-0.25, -0.2) is 4.98 Å². The van der Waals surface area contributed by atoms with E-state index < -0.39 is 0 Å². The molecule has 9 rings (SSSR count). The highest BCUT2D eigenvalue weighted by Gasteiger charge is 2.15. The van der Waals surface area contributed by atoms with E-state index in [0.29, 0.717) is 0 Å². The standard InChI is InChI=1S/C39H24N2S/c1-2-12-29(32-16-8-17-33-31-14-5-6-18-37(31)42-38(32)33)28(11-1)27-10-7-9-25(23-27)26-19-20-36-35(24-26)30-13-3-4-15-34(30)39-40-21-22-41(36)39/h1-24H. The Hall–Kier alpha value is -5.25. The fourth-order valence-corrected chi connectivity index (χ4v) is 7.78. The van der Waals surface area contributed by atoms with Crippen LogP contribution in [0.15, 0.2) is 146 Å². The van der Waals surface area contributed by atoms with Crippen molar-refractivity contribution in [1.29, 1.82) is 0 Å². The van der Waals surface area contributed by atoms with Crippen LogP contribution in [0.5, 0.6) is 0 Å². The van der Waals surface area contributed by atoms with Crippen molar-refractivity contribution < 1.29 is 0 Å². The number of rotatable bonds is 3. The SMILES string of the molecule is c1cc(-c2ccc3c(c2)c2ccccc2c2nccn32)cc(-c2ccccc2-c2cccc3c2sc2ccccc23)c1. The van der Waals surface area contributed by atoms with Gasteiger partial charge in [-0.1, -0.05) is 109 Å². The molecule has 2 nitrogen and oxygen atoms in total. The van der Waals surface area contributed by atoms with Gasteiger partial charge in [0.25, 0.3) is 0 Å². The monoisotopic (exact) mass is 552 g/mol. The molecule has 0 bridgehead atoms. The topological polar surface area (TPSA) is 17.3 Å². The number of hydrogen-bond acceptors (Lipinski definition) is 2. The highest BCUT2D eigenvalue weighted by atomic mass is 32.1. The highest BCUT2D eigenvalue weighted by molar-refractivity contribution is 7.26. The van der Waals surface area contributed by atoms with Gasteiger partial charge in [0, 0.05) is 48.9 Å². The lowest BCUT2D eigenvalue weighted by atomic mass is 9.91. The van der Waals surface area contributed by atoms with Crippen LogP contribution in [0, 0.1) is 0 Å². The Morgan fingerprint density at radius 3 is 2.10 bits per heavy atom. The number of imidazole rings is 1. The van der Waals surface area contributed by atoms with Crippen LogP contribution in [0.1, 0.15) is 0 Å². The number of hydrogen-bond donors (Lipinski definition) is 0. The van der Waals surface area contributed by atoms with E-state index >= 15 is 0 Å². The second-order valence-electron chi connectivity index (χ2n) is 10.8. The molecular weight excluding hydrogens is 529 g/mol. The molecule has 0 radical (unpaired) electrons. The van der Waals surface area contributed by atoms with Gasteiger partial charge < -0.3 is 0 Å². The predicted octanol–water partition coefficient (Wildman–Crippen LogP) is 11.0. The summed E-state index contributed by atoms with van der Waals surface area (Å²) in [7, 11) is 0. The average Bonchev–Trinajstić information content (AvgIpc) is 3.71. The van der Waals surface area contributed by atoms with Gasteiger partial charge in [-0.05, 0) is 57.5 Å². The number of pyridine rings is 1. The number of aromatic nitrogens is 2. The molecule has 0 saturated heterocycles. The van der Waals surface area contributed by atoms with Crippen LogP contribution in [-0.2, 0) is 0 Å². The molecule has 0 saturated carbocycles. The third kappa shape index (κ3) is 3.47. The normalized spacial score (nSPS) is 11.8. The second kappa shape index (κ2) is 9.13. The molecule has 3 aromatic heterocycles. The number of thiophene rings is 1. The van der Waals surface area contributed by atoms with Crippen LogP contribution in [0.3, 0.4) is 0 Å². The van der Waals surface area contributed by atoms with Crippen LogP contribution in [0.25, 0.3) is 80.9 Å². The molecule has 0 atom stereocenters. The van der Waals surface area contributed by atoms with Gasteiger partial charge in [-0.15, -0.1) is 11.3 Å². The highest BCUT2D eigenvalue weighted by Crippen LogP contribution is 2.43. The maximum absolute atomic E-state index is 4.65. The van der Waals surface area contributed by atoms with Crippen molar-refractivity contribution in [3.8, 4) is 33.4 Å². The largest absolute Gasteiger partial charge is 0.299 e. The van der Waals surface area contributed by atoms with Crippen molar-refractivity contribution in [2.75, 3.05) is 0 Å². The molecule has 0 amide bonds. The molecule has 0 aliphatic heterocycles. The maximum atomic E-state index is 4.65. The Kier molecular flexibility index (Phi) is 5.10. The summed E-state index contributed by atoms with van der Waals surface area (Å²) in [5.41, 5.74) is 9.60. The minimum Gasteiger partial charge on any atom is -0.299 e. The maximum Gasteiger partial charge on any atom is 0.145 e. The van der Waals surface area contributed by atoms with Crippen molar-refractivity contribution in [3.63, 3.8) is 0 Å².